The summed E-state index contributed by atoms with van der Waals surface area (Å²) in [5.74, 6) is 0.742. The second kappa shape index (κ2) is 8.07. The van der Waals surface area contributed by atoms with Crippen molar-refractivity contribution in [2.24, 2.45) is 5.73 Å². The Morgan fingerprint density at radius 2 is 1.91 bits per heavy atom. The lowest BCUT2D eigenvalue weighted by Crippen LogP contribution is -2.33. The van der Waals surface area contributed by atoms with Gasteiger partial charge in [-0.15, -0.1) is 0 Å². The predicted octanol–water partition coefficient (Wildman–Crippen LogP) is 4.46. The lowest BCUT2D eigenvalue weighted by molar-refractivity contribution is 0.174. The molecule has 0 bridgehead atoms. The van der Waals surface area contributed by atoms with Gasteiger partial charge in [-0.25, -0.2) is 0 Å². The highest BCUT2D eigenvalue weighted by Gasteiger charge is 2.35. The third-order valence-electron chi connectivity index (χ3n) is 5.74. The molecule has 3 aromatic rings. The number of aryl methyl sites for hydroxylation is 1. The van der Waals surface area contributed by atoms with Crippen molar-refractivity contribution in [2.75, 3.05) is 6.79 Å². The van der Waals surface area contributed by atoms with Crippen molar-refractivity contribution in [3.05, 3.63) is 96.7 Å². The second-order valence-electron chi connectivity index (χ2n) is 7.73. The number of hydrogen-bond donors (Lipinski definition) is 1. The first-order valence-corrected chi connectivity index (χ1v) is 10.8. The van der Waals surface area contributed by atoms with Gasteiger partial charge in [0.05, 0.1) is 18.0 Å². The zero-order chi connectivity index (χ0) is 23.3. The molecule has 0 unspecified atom stereocenters. The molecule has 2 aliphatic heterocycles. The maximum atomic E-state index is 13.8. The number of rotatable bonds is 3. The van der Waals surface area contributed by atoms with Crippen LogP contribution in [0.15, 0.2) is 58.7 Å². The van der Waals surface area contributed by atoms with Crippen molar-refractivity contribution >= 4 is 23.2 Å². The molecule has 9 heteroatoms. The monoisotopic (exact) mass is 481 g/mol. The van der Waals surface area contributed by atoms with Gasteiger partial charge in [-0.1, -0.05) is 35.3 Å². The number of nitrogens with two attached hydrogens (primary N) is 1. The van der Waals surface area contributed by atoms with Crippen LogP contribution in [-0.2, 0) is 6.54 Å². The third kappa shape index (κ3) is 3.58. The lowest BCUT2D eigenvalue weighted by atomic mass is 9.84. The van der Waals surface area contributed by atoms with Gasteiger partial charge in [-0.3, -0.25) is 4.79 Å². The van der Waals surface area contributed by atoms with E-state index in [4.69, 9.17) is 43.1 Å². The number of pyridine rings is 1. The standard InChI is InChI=1S/C24H17Cl2N3O4/c1-12-6-20-22(24(30)29(12)10-13-2-5-18-19(7-13)32-11-31-18)21(16(9-27)23(28)33-20)15-4-3-14(25)8-17(15)26/h2-8,21H,10-11,28H2,1H3/t21-/m1/s1. The van der Waals surface area contributed by atoms with Gasteiger partial charge in [0.15, 0.2) is 11.5 Å². The van der Waals surface area contributed by atoms with E-state index >= 15 is 0 Å². The molecule has 1 atom stereocenters. The van der Waals surface area contributed by atoms with Crippen LogP contribution < -0.4 is 25.5 Å². The lowest BCUT2D eigenvalue weighted by Gasteiger charge is -2.28. The summed E-state index contributed by atoms with van der Waals surface area (Å²) in [6.45, 7) is 2.26. The van der Waals surface area contributed by atoms with Gasteiger partial charge in [0.2, 0.25) is 12.7 Å². The number of aromatic nitrogens is 1. The fraction of sp³-hybridized carbons (Fsp3) is 0.167. The number of benzene rings is 2. The molecule has 1 aromatic heterocycles. The summed E-state index contributed by atoms with van der Waals surface area (Å²) < 4.78 is 18.1. The first-order chi connectivity index (χ1) is 15.9. The minimum Gasteiger partial charge on any atom is -0.454 e. The highest BCUT2D eigenvalue weighted by atomic mass is 35.5. The average molecular weight is 482 g/mol. The van der Waals surface area contributed by atoms with E-state index in [1.807, 2.05) is 25.1 Å². The molecule has 33 heavy (non-hydrogen) atoms. The van der Waals surface area contributed by atoms with Crippen molar-refractivity contribution in [1.29, 1.82) is 5.26 Å². The molecule has 0 aliphatic carbocycles. The summed E-state index contributed by atoms with van der Waals surface area (Å²) in [7, 11) is 0. The van der Waals surface area contributed by atoms with E-state index in [0.717, 1.165) is 5.56 Å². The summed E-state index contributed by atoms with van der Waals surface area (Å²) >= 11 is 12.5. The van der Waals surface area contributed by atoms with Crippen LogP contribution in [0.1, 0.15) is 28.3 Å². The number of hydrogen-bond acceptors (Lipinski definition) is 6. The Labute approximate surface area is 199 Å². The van der Waals surface area contributed by atoms with Crippen molar-refractivity contribution in [1.82, 2.24) is 4.57 Å². The largest absolute Gasteiger partial charge is 0.454 e. The molecule has 0 fully saturated rings. The third-order valence-corrected chi connectivity index (χ3v) is 6.30. The highest BCUT2D eigenvalue weighted by Crippen LogP contribution is 2.43. The Bertz CT molecular complexity index is 1440. The van der Waals surface area contributed by atoms with Crippen LogP contribution in [0.25, 0.3) is 0 Å². The molecule has 0 radical (unpaired) electrons. The van der Waals surface area contributed by atoms with E-state index in [2.05, 4.69) is 6.07 Å². The number of nitriles is 1. The van der Waals surface area contributed by atoms with Crippen LogP contribution in [0.4, 0.5) is 0 Å². The fourth-order valence-corrected chi connectivity index (χ4v) is 4.67. The van der Waals surface area contributed by atoms with Gasteiger partial charge in [0.1, 0.15) is 17.4 Å². The molecule has 0 spiro atoms. The molecule has 0 amide bonds. The van der Waals surface area contributed by atoms with Gasteiger partial charge < -0.3 is 24.5 Å². The number of allylic oxidation sites excluding steroid dienone is 1. The Hall–Kier alpha value is -3.60. The Kier molecular flexibility index (Phi) is 5.20. The van der Waals surface area contributed by atoms with Gasteiger partial charge in [-0.05, 0) is 42.3 Å². The molecule has 0 saturated heterocycles. The van der Waals surface area contributed by atoms with Crippen LogP contribution in [0, 0.1) is 18.3 Å². The van der Waals surface area contributed by atoms with Gasteiger partial charge in [0, 0.05) is 21.8 Å². The molecule has 3 heterocycles. The first-order valence-electron chi connectivity index (χ1n) is 10.0. The maximum Gasteiger partial charge on any atom is 0.259 e. The van der Waals surface area contributed by atoms with Crippen molar-refractivity contribution in [3.8, 4) is 23.3 Å². The SMILES string of the molecule is Cc1cc2c(c(=O)n1Cc1ccc3c(c1)OCO3)[C@H](c1ccc(Cl)cc1Cl)C(C#N)=C(N)O2. The molecule has 0 saturated carbocycles. The summed E-state index contributed by atoms with van der Waals surface area (Å²) in [6, 6.07) is 14.3. The molecular weight excluding hydrogens is 465 g/mol. The van der Waals surface area contributed by atoms with E-state index in [-0.39, 0.29) is 35.9 Å². The van der Waals surface area contributed by atoms with Crippen molar-refractivity contribution in [3.63, 3.8) is 0 Å². The minimum atomic E-state index is -0.792. The maximum absolute atomic E-state index is 13.8. The van der Waals surface area contributed by atoms with E-state index in [1.54, 1.807) is 28.8 Å². The molecule has 5 rings (SSSR count). The van der Waals surface area contributed by atoms with E-state index in [0.29, 0.717) is 38.6 Å². The summed E-state index contributed by atoms with van der Waals surface area (Å²) in [5.41, 5.74) is 8.23. The van der Waals surface area contributed by atoms with E-state index in [1.165, 1.54) is 0 Å². The Morgan fingerprint density at radius 3 is 2.67 bits per heavy atom. The fourth-order valence-electron chi connectivity index (χ4n) is 4.15. The summed E-state index contributed by atoms with van der Waals surface area (Å²) in [5, 5.41) is 10.6. The van der Waals surface area contributed by atoms with E-state index in [9.17, 15) is 10.1 Å². The van der Waals surface area contributed by atoms with Crippen LogP contribution in [-0.4, -0.2) is 11.4 Å². The molecule has 2 N–H and O–H groups in total. The number of fused-ring (bicyclic) bond motifs is 2. The van der Waals surface area contributed by atoms with Crippen molar-refractivity contribution < 1.29 is 14.2 Å². The first kappa shape index (κ1) is 21.3. The van der Waals surface area contributed by atoms with Crippen LogP contribution >= 0.6 is 23.2 Å². The molecule has 166 valence electrons. The number of halogens is 2. The molecule has 7 nitrogen and oxygen atoms in total. The van der Waals surface area contributed by atoms with Gasteiger partial charge in [0.25, 0.3) is 5.56 Å². The smallest absolute Gasteiger partial charge is 0.259 e. The number of nitrogens with zero attached hydrogens (tertiary/aromatic N) is 2. The Morgan fingerprint density at radius 1 is 1.12 bits per heavy atom. The zero-order valence-electron chi connectivity index (χ0n) is 17.4. The van der Waals surface area contributed by atoms with Crippen LogP contribution in [0.5, 0.6) is 17.2 Å². The molecule has 2 aromatic carbocycles. The summed E-state index contributed by atoms with van der Waals surface area (Å²) in [4.78, 5) is 13.8. The summed E-state index contributed by atoms with van der Waals surface area (Å²) in [6.07, 6.45) is 0. The van der Waals surface area contributed by atoms with Crippen LogP contribution in [0.2, 0.25) is 10.0 Å². The molecule has 2 aliphatic rings. The molecular formula is C24H17Cl2N3O4. The van der Waals surface area contributed by atoms with Gasteiger partial charge in [-0.2, -0.15) is 5.26 Å². The average Bonchev–Trinajstić information content (AvgIpc) is 3.24. The topological polar surface area (TPSA) is 99.5 Å². The zero-order valence-corrected chi connectivity index (χ0v) is 18.9. The minimum absolute atomic E-state index is 0.0617. The van der Waals surface area contributed by atoms with E-state index < -0.39 is 5.92 Å². The quantitative estimate of drug-likeness (QED) is 0.592. The van der Waals surface area contributed by atoms with Gasteiger partial charge >= 0.3 is 0 Å². The Balaban J connectivity index is 1.67. The highest BCUT2D eigenvalue weighted by molar-refractivity contribution is 6.35. The number of ether oxygens (including phenoxy) is 3. The predicted molar refractivity (Wildman–Crippen MR) is 123 cm³/mol. The van der Waals surface area contributed by atoms with Crippen molar-refractivity contribution in [2.45, 2.75) is 19.4 Å². The normalized spacial score (nSPS) is 16.2. The van der Waals surface area contributed by atoms with Crippen LogP contribution in [0.3, 0.4) is 0 Å². The second-order valence-corrected chi connectivity index (χ2v) is 8.58.